The van der Waals surface area contributed by atoms with Crippen LogP contribution in [0, 0.1) is 6.92 Å². The molecule has 2 aromatic rings. The van der Waals surface area contributed by atoms with Gasteiger partial charge in [-0.15, -0.1) is 0 Å². The number of nitrogens with one attached hydrogen (secondary N) is 1. The first-order valence-electron chi connectivity index (χ1n) is 11.2. The van der Waals surface area contributed by atoms with E-state index in [2.05, 4.69) is 5.32 Å². The molecule has 0 aliphatic carbocycles. The number of rotatable bonds is 6. The van der Waals surface area contributed by atoms with Crippen LogP contribution in [-0.4, -0.2) is 57.8 Å². The first kappa shape index (κ1) is 23.3. The Morgan fingerprint density at radius 2 is 1.91 bits per heavy atom. The van der Waals surface area contributed by atoms with Crippen molar-refractivity contribution in [2.24, 2.45) is 0 Å². The number of carbonyl (C=O) groups excluding carboxylic acids is 2. The number of sulfonamides is 1. The van der Waals surface area contributed by atoms with Crippen molar-refractivity contribution in [3.8, 4) is 0 Å². The second kappa shape index (κ2) is 9.15. The molecule has 8 nitrogen and oxygen atoms in total. The number of amides is 2. The van der Waals surface area contributed by atoms with E-state index in [9.17, 15) is 18.0 Å². The van der Waals surface area contributed by atoms with Gasteiger partial charge in [0.05, 0.1) is 16.3 Å². The lowest BCUT2D eigenvalue weighted by atomic mass is 9.96. The molecule has 1 fully saturated rings. The van der Waals surface area contributed by atoms with Crippen molar-refractivity contribution in [3.63, 3.8) is 0 Å². The third-order valence-electron chi connectivity index (χ3n) is 6.25. The van der Waals surface area contributed by atoms with Crippen LogP contribution in [-0.2, 0) is 26.2 Å². The maximum Gasteiger partial charge on any atom is 0.250 e. The minimum Gasteiger partial charge on any atom is -0.358 e. The number of hydrogen-bond acceptors (Lipinski definition) is 5. The standard InChI is InChI=1S/C24H30N4O4S/c1-17-7-6-8-18(13-17)15-25-23(29)16-28-22-14-19(33(31,32)26(2)3)10-11-20(22)27-12-5-4-9-21(27)24(28)30/h6-8,10-11,13-14,21H,4-5,9,12,15-16H2,1-3H3,(H,25,29)/t21-/m0/s1. The number of nitrogens with zero attached hydrogens (tertiary/aromatic N) is 3. The van der Waals surface area contributed by atoms with E-state index in [0.29, 0.717) is 12.2 Å². The van der Waals surface area contributed by atoms with Crippen LogP contribution in [0.25, 0.3) is 0 Å². The zero-order valence-corrected chi connectivity index (χ0v) is 20.1. The van der Waals surface area contributed by atoms with Gasteiger partial charge in [-0.05, 0) is 49.9 Å². The van der Waals surface area contributed by atoms with Crippen molar-refractivity contribution in [2.45, 2.75) is 43.7 Å². The van der Waals surface area contributed by atoms with E-state index in [4.69, 9.17) is 0 Å². The Morgan fingerprint density at radius 3 is 2.64 bits per heavy atom. The third-order valence-corrected chi connectivity index (χ3v) is 8.06. The highest BCUT2D eigenvalue weighted by Gasteiger charge is 2.40. The Hall–Kier alpha value is -2.91. The normalized spacial score (nSPS) is 18.2. The van der Waals surface area contributed by atoms with Gasteiger partial charge in [0.25, 0.3) is 0 Å². The quantitative estimate of drug-likeness (QED) is 0.700. The number of piperidine rings is 1. The second-order valence-electron chi connectivity index (χ2n) is 8.83. The highest BCUT2D eigenvalue weighted by atomic mass is 32.2. The summed E-state index contributed by atoms with van der Waals surface area (Å²) in [5.41, 5.74) is 3.34. The molecular weight excluding hydrogens is 440 g/mol. The molecule has 176 valence electrons. The summed E-state index contributed by atoms with van der Waals surface area (Å²) in [7, 11) is -0.744. The summed E-state index contributed by atoms with van der Waals surface area (Å²) in [6, 6.07) is 12.4. The van der Waals surface area contributed by atoms with Crippen LogP contribution >= 0.6 is 0 Å². The van der Waals surface area contributed by atoms with Crippen LogP contribution in [0.4, 0.5) is 11.4 Å². The number of carbonyl (C=O) groups is 2. The van der Waals surface area contributed by atoms with Crippen LogP contribution in [0.15, 0.2) is 47.4 Å². The predicted octanol–water partition coefficient (Wildman–Crippen LogP) is 2.27. The van der Waals surface area contributed by atoms with Gasteiger partial charge in [0.15, 0.2) is 0 Å². The zero-order chi connectivity index (χ0) is 23.8. The molecule has 9 heteroatoms. The molecular formula is C24H30N4O4S. The summed E-state index contributed by atoms with van der Waals surface area (Å²) in [6.07, 6.45) is 2.64. The first-order valence-corrected chi connectivity index (χ1v) is 12.6. The van der Waals surface area contributed by atoms with E-state index >= 15 is 0 Å². The molecule has 1 atom stereocenters. The summed E-state index contributed by atoms with van der Waals surface area (Å²) < 4.78 is 26.6. The topological polar surface area (TPSA) is 90.0 Å². The van der Waals surface area contributed by atoms with Crippen molar-refractivity contribution in [2.75, 3.05) is 37.0 Å². The maximum absolute atomic E-state index is 13.4. The summed E-state index contributed by atoms with van der Waals surface area (Å²) in [6.45, 7) is 2.92. The highest BCUT2D eigenvalue weighted by Crippen LogP contribution is 2.40. The van der Waals surface area contributed by atoms with Gasteiger partial charge in [0.2, 0.25) is 21.8 Å². The fraction of sp³-hybridized carbons (Fsp3) is 0.417. The molecule has 0 unspecified atom stereocenters. The molecule has 0 spiro atoms. The van der Waals surface area contributed by atoms with Gasteiger partial charge in [-0.25, -0.2) is 12.7 Å². The van der Waals surface area contributed by atoms with Crippen molar-refractivity contribution in [3.05, 3.63) is 53.6 Å². The second-order valence-corrected chi connectivity index (χ2v) is 11.0. The molecule has 0 radical (unpaired) electrons. The molecule has 2 aliphatic rings. The van der Waals surface area contributed by atoms with Gasteiger partial charge in [-0.2, -0.15) is 0 Å². The number of aryl methyl sites for hydroxylation is 1. The van der Waals surface area contributed by atoms with Crippen LogP contribution in [0.5, 0.6) is 0 Å². The Bertz CT molecular complexity index is 1180. The molecule has 1 saturated heterocycles. The molecule has 0 bridgehead atoms. The smallest absolute Gasteiger partial charge is 0.250 e. The predicted molar refractivity (Wildman–Crippen MR) is 128 cm³/mol. The SMILES string of the molecule is Cc1cccc(CNC(=O)CN2C(=O)[C@@H]3CCCCN3c3ccc(S(=O)(=O)N(C)C)cc32)c1. The molecule has 2 aliphatic heterocycles. The first-order chi connectivity index (χ1) is 15.7. The van der Waals surface area contributed by atoms with Crippen molar-refractivity contribution in [1.82, 2.24) is 9.62 Å². The molecule has 0 saturated carbocycles. The fourth-order valence-electron chi connectivity index (χ4n) is 4.49. The average molecular weight is 471 g/mol. The minimum atomic E-state index is -3.68. The summed E-state index contributed by atoms with van der Waals surface area (Å²) in [5, 5.41) is 2.89. The number of hydrogen-bond donors (Lipinski definition) is 1. The lowest BCUT2D eigenvalue weighted by Gasteiger charge is -2.45. The van der Waals surface area contributed by atoms with Gasteiger partial charge in [-0.1, -0.05) is 29.8 Å². The Balaban J connectivity index is 1.63. The molecule has 33 heavy (non-hydrogen) atoms. The number of benzene rings is 2. The van der Waals surface area contributed by atoms with Gasteiger partial charge in [-0.3, -0.25) is 14.5 Å². The van der Waals surface area contributed by atoms with E-state index < -0.39 is 10.0 Å². The largest absolute Gasteiger partial charge is 0.358 e. The minimum absolute atomic E-state index is 0.0969. The third kappa shape index (κ3) is 4.60. The van der Waals surface area contributed by atoms with Crippen LogP contribution in [0.3, 0.4) is 0 Å². The van der Waals surface area contributed by atoms with Gasteiger partial charge < -0.3 is 10.2 Å². The summed E-state index contributed by atoms with van der Waals surface area (Å²) in [5.74, 6) is -0.451. The van der Waals surface area contributed by atoms with Gasteiger partial charge in [0, 0.05) is 27.2 Å². The summed E-state index contributed by atoms with van der Waals surface area (Å²) >= 11 is 0. The number of fused-ring (bicyclic) bond motifs is 3. The Labute approximate surface area is 195 Å². The summed E-state index contributed by atoms with van der Waals surface area (Å²) in [4.78, 5) is 29.8. The molecule has 4 rings (SSSR count). The van der Waals surface area contributed by atoms with Gasteiger partial charge in [0.1, 0.15) is 12.6 Å². The van der Waals surface area contributed by atoms with Crippen molar-refractivity contribution >= 4 is 33.2 Å². The molecule has 0 aromatic heterocycles. The fourth-order valence-corrected chi connectivity index (χ4v) is 5.42. The van der Waals surface area contributed by atoms with Crippen LogP contribution < -0.4 is 15.1 Å². The van der Waals surface area contributed by atoms with E-state index in [0.717, 1.165) is 46.9 Å². The van der Waals surface area contributed by atoms with Gasteiger partial charge >= 0.3 is 0 Å². The van der Waals surface area contributed by atoms with Crippen molar-refractivity contribution in [1.29, 1.82) is 0 Å². The average Bonchev–Trinajstić information content (AvgIpc) is 2.80. The highest BCUT2D eigenvalue weighted by molar-refractivity contribution is 7.89. The lowest BCUT2D eigenvalue weighted by molar-refractivity contribution is -0.125. The molecule has 2 heterocycles. The molecule has 2 aromatic carbocycles. The van der Waals surface area contributed by atoms with E-state index in [-0.39, 0.29) is 29.3 Å². The Morgan fingerprint density at radius 1 is 1.12 bits per heavy atom. The van der Waals surface area contributed by atoms with Crippen molar-refractivity contribution < 1.29 is 18.0 Å². The van der Waals surface area contributed by atoms with E-state index in [1.54, 1.807) is 12.1 Å². The van der Waals surface area contributed by atoms with Crippen LogP contribution in [0.2, 0.25) is 0 Å². The lowest BCUT2D eigenvalue weighted by Crippen LogP contribution is -2.57. The molecule has 1 N–H and O–H groups in total. The van der Waals surface area contributed by atoms with Crippen LogP contribution in [0.1, 0.15) is 30.4 Å². The van der Waals surface area contributed by atoms with E-state index in [1.807, 2.05) is 36.1 Å². The van der Waals surface area contributed by atoms with E-state index in [1.165, 1.54) is 25.1 Å². The zero-order valence-electron chi connectivity index (χ0n) is 19.2. The maximum atomic E-state index is 13.4. The monoisotopic (exact) mass is 470 g/mol. The number of anilines is 2. The Kier molecular flexibility index (Phi) is 6.45. The molecule has 2 amide bonds.